The van der Waals surface area contributed by atoms with Crippen LogP contribution >= 0.6 is 0 Å². The van der Waals surface area contributed by atoms with Crippen molar-refractivity contribution in [1.82, 2.24) is 4.57 Å². The molecule has 2 heterocycles. The highest BCUT2D eigenvalue weighted by atomic mass is 19.3. The summed E-state index contributed by atoms with van der Waals surface area (Å²) < 4.78 is 52.8. The molecule has 0 radical (unpaired) electrons. The monoisotopic (exact) mass is 473 g/mol. The van der Waals surface area contributed by atoms with E-state index in [9.17, 15) is 18.7 Å². The number of hydrogen-bond acceptors (Lipinski definition) is 4. The van der Waals surface area contributed by atoms with Gasteiger partial charge in [-0.05, 0) is 54.3 Å². The number of aliphatic hydroxyl groups excluding tert-OH is 1. The Hall–Kier alpha value is -3.00. The van der Waals surface area contributed by atoms with Crippen LogP contribution in [0.2, 0.25) is 0 Å². The predicted octanol–water partition coefficient (Wildman–Crippen LogP) is 5.24. The normalized spacial score (nSPS) is 17.9. The number of hydrogen-bond donors (Lipinski definition) is 1. The van der Waals surface area contributed by atoms with Crippen LogP contribution in [0.4, 0.5) is 13.2 Å². The van der Waals surface area contributed by atoms with Gasteiger partial charge in [-0.3, -0.25) is 4.79 Å². The molecule has 0 atom stereocenters. The number of rotatable bonds is 6. The molecule has 3 aromatic rings. The fourth-order valence-corrected chi connectivity index (χ4v) is 4.87. The standard InChI is InChI=1S/C26H26F3NO4/c1-24(2,3)22-11-16-10-15(18(27)14-19(16)30(22)8-9-31)12-23(32)25(6-7-25)17-4-5-20-21(13-17)34-26(28,29)33-20/h4-5,10-11,13-14,31H,6-9,12H2,1-3H3. The van der Waals surface area contributed by atoms with Crippen LogP contribution in [0.5, 0.6) is 11.5 Å². The third-order valence-electron chi connectivity index (χ3n) is 6.75. The number of benzene rings is 2. The molecule has 0 unspecified atom stereocenters. The van der Waals surface area contributed by atoms with Crippen molar-refractivity contribution in [3.63, 3.8) is 0 Å². The second-order valence-corrected chi connectivity index (χ2v) is 10.2. The number of alkyl halides is 2. The van der Waals surface area contributed by atoms with E-state index in [1.165, 1.54) is 18.2 Å². The Kier molecular flexibility index (Phi) is 5.02. The average molecular weight is 473 g/mol. The van der Waals surface area contributed by atoms with E-state index in [1.54, 1.807) is 12.1 Å². The molecular weight excluding hydrogens is 447 g/mol. The smallest absolute Gasteiger partial charge is 0.395 e. The van der Waals surface area contributed by atoms with Crippen molar-refractivity contribution >= 4 is 16.7 Å². The highest BCUT2D eigenvalue weighted by Gasteiger charge is 2.52. The summed E-state index contributed by atoms with van der Waals surface area (Å²) in [6.45, 7) is 6.43. The first-order chi connectivity index (χ1) is 15.9. The van der Waals surface area contributed by atoms with Crippen molar-refractivity contribution in [1.29, 1.82) is 0 Å². The summed E-state index contributed by atoms with van der Waals surface area (Å²) in [5, 5.41) is 10.3. The summed E-state index contributed by atoms with van der Waals surface area (Å²) in [5.74, 6) is -0.827. The number of ether oxygens (including phenoxy) is 2. The Labute approximate surface area is 195 Å². The van der Waals surface area contributed by atoms with Crippen LogP contribution < -0.4 is 9.47 Å². The van der Waals surface area contributed by atoms with E-state index in [-0.39, 0.29) is 41.3 Å². The molecule has 1 aliphatic heterocycles. The second-order valence-electron chi connectivity index (χ2n) is 10.2. The van der Waals surface area contributed by atoms with E-state index in [0.29, 0.717) is 30.5 Å². The molecule has 180 valence electrons. The first-order valence-electron chi connectivity index (χ1n) is 11.3. The SMILES string of the molecule is CC(C)(C)c1cc2cc(CC(=O)C3(c4ccc5c(c4)OC(F)(F)O5)CC3)c(F)cc2n1CCO. The Balaban J connectivity index is 1.46. The highest BCUT2D eigenvalue weighted by molar-refractivity contribution is 5.95. The first kappa shape index (κ1) is 22.8. The van der Waals surface area contributed by atoms with E-state index in [2.05, 4.69) is 9.47 Å². The molecule has 1 fully saturated rings. The van der Waals surface area contributed by atoms with E-state index in [1.807, 2.05) is 31.4 Å². The zero-order valence-corrected chi connectivity index (χ0v) is 19.3. The van der Waals surface area contributed by atoms with Crippen LogP contribution in [-0.4, -0.2) is 28.4 Å². The van der Waals surface area contributed by atoms with Gasteiger partial charge in [-0.15, -0.1) is 8.78 Å². The molecule has 0 bridgehead atoms. The minimum absolute atomic E-state index is 0.0707. The molecule has 0 spiro atoms. The summed E-state index contributed by atoms with van der Waals surface area (Å²) in [6, 6.07) is 9.49. The molecule has 2 aromatic carbocycles. The number of halogens is 3. The number of carbonyl (C=O) groups is 1. The summed E-state index contributed by atoms with van der Waals surface area (Å²) in [6.07, 6.45) is -2.71. The van der Waals surface area contributed by atoms with Crippen molar-refractivity contribution in [2.24, 2.45) is 0 Å². The van der Waals surface area contributed by atoms with E-state index < -0.39 is 17.5 Å². The molecule has 8 heteroatoms. The Morgan fingerprint density at radius 2 is 1.79 bits per heavy atom. The van der Waals surface area contributed by atoms with Gasteiger partial charge in [0.25, 0.3) is 0 Å². The maximum absolute atomic E-state index is 15.1. The lowest BCUT2D eigenvalue weighted by atomic mass is 9.87. The number of aromatic nitrogens is 1. The number of Topliss-reactive ketones (excluding diaryl/α,β-unsaturated/α-hetero) is 1. The lowest BCUT2D eigenvalue weighted by molar-refractivity contribution is -0.286. The van der Waals surface area contributed by atoms with E-state index in [0.717, 1.165) is 11.1 Å². The number of fused-ring (bicyclic) bond motifs is 2. The molecular formula is C26H26F3NO4. The van der Waals surface area contributed by atoms with Crippen LogP contribution in [0.1, 0.15) is 50.4 Å². The van der Waals surface area contributed by atoms with E-state index in [4.69, 9.17) is 0 Å². The molecule has 1 aromatic heterocycles. The van der Waals surface area contributed by atoms with Gasteiger partial charge in [0, 0.05) is 29.5 Å². The molecule has 0 amide bonds. The van der Waals surface area contributed by atoms with Crippen molar-refractivity contribution < 1.29 is 32.5 Å². The van der Waals surface area contributed by atoms with Crippen LogP contribution in [-0.2, 0) is 28.6 Å². The predicted molar refractivity (Wildman–Crippen MR) is 120 cm³/mol. The molecule has 34 heavy (non-hydrogen) atoms. The van der Waals surface area contributed by atoms with Crippen LogP contribution in [0, 0.1) is 5.82 Å². The Bertz CT molecular complexity index is 1300. The fraction of sp³-hybridized carbons (Fsp3) is 0.423. The van der Waals surface area contributed by atoms with Crippen molar-refractivity contribution in [2.45, 2.75) is 63.7 Å². The minimum Gasteiger partial charge on any atom is -0.395 e. The molecule has 1 aliphatic carbocycles. The highest BCUT2D eigenvalue weighted by Crippen LogP contribution is 2.52. The third-order valence-corrected chi connectivity index (χ3v) is 6.75. The molecule has 5 rings (SSSR count). The lowest BCUT2D eigenvalue weighted by Gasteiger charge is -2.21. The molecule has 1 N–H and O–H groups in total. The number of nitrogens with zero attached hydrogens (tertiary/aromatic N) is 1. The maximum Gasteiger partial charge on any atom is 0.586 e. The minimum atomic E-state index is -3.72. The zero-order chi connectivity index (χ0) is 24.5. The van der Waals surface area contributed by atoms with Crippen LogP contribution in [0.15, 0.2) is 36.4 Å². The summed E-state index contributed by atoms with van der Waals surface area (Å²) >= 11 is 0. The van der Waals surface area contributed by atoms with Gasteiger partial charge in [0.05, 0.1) is 17.5 Å². The fourth-order valence-electron chi connectivity index (χ4n) is 4.87. The molecule has 5 nitrogen and oxygen atoms in total. The van der Waals surface area contributed by atoms with Crippen molar-refractivity contribution in [3.05, 3.63) is 59.0 Å². The molecule has 2 aliphatic rings. The summed E-state index contributed by atoms with van der Waals surface area (Å²) in [5.41, 5.74) is 1.45. The topological polar surface area (TPSA) is 60.7 Å². The maximum atomic E-state index is 15.1. The van der Waals surface area contributed by atoms with Gasteiger partial charge in [-0.2, -0.15) is 0 Å². The van der Waals surface area contributed by atoms with Gasteiger partial charge < -0.3 is 19.1 Å². The van der Waals surface area contributed by atoms with Gasteiger partial charge in [0.2, 0.25) is 0 Å². The second kappa shape index (κ2) is 7.50. The first-order valence-corrected chi connectivity index (χ1v) is 11.3. The Morgan fingerprint density at radius 3 is 2.44 bits per heavy atom. The van der Waals surface area contributed by atoms with Crippen LogP contribution in [0.25, 0.3) is 10.9 Å². The zero-order valence-electron chi connectivity index (χ0n) is 19.3. The molecule has 0 saturated heterocycles. The largest absolute Gasteiger partial charge is 0.586 e. The average Bonchev–Trinajstić information content (AvgIpc) is 3.39. The van der Waals surface area contributed by atoms with Crippen molar-refractivity contribution in [2.75, 3.05) is 6.61 Å². The van der Waals surface area contributed by atoms with Crippen molar-refractivity contribution in [3.8, 4) is 11.5 Å². The summed E-state index contributed by atoms with van der Waals surface area (Å²) in [4.78, 5) is 13.3. The van der Waals surface area contributed by atoms with Gasteiger partial charge in [-0.25, -0.2) is 4.39 Å². The quantitative estimate of drug-likeness (QED) is 0.532. The lowest BCUT2D eigenvalue weighted by Crippen LogP contribution is -2.26. The Morgan fingerprint density at radius 1 is 1.09 bits per heavy atom. The number of carbonyl (C=O) groups excluding carboxylic acids is 1. The number of ketones is 1. The van der Waals surface area contributed by atoms with Crippen LogP contribution in [0.3, 0.4) is 0 Å². The van der Waals surface area contributed by atoms with Gasteiger partial charge >= 0.3 is 6.29 Å². The van der Waals surface area contributed by atoms with Gasteiger partial charge in [0.15, 0.2) is 11.5 Å². The van der Waals surface area contributed by atoms with Gasteiger partial charge in [0.1, 0.15) is 11.6 Å². The molecule has 1 saturated carbocycles. The van der Waals surface area contributed by atoms with Gasteiger partial charge in [-0.1, -0.05) is 26.8 Å². The third kappa shape index (κ3) is 3.74. The van der Waals surface area contributed by atoms with E-state index >= 15 is 4.39 Å². The summed E-state index contributed by atoms with van der Waals surface area (Å²) in [7, 11) is 0. The number of aliphatic hydroxyl groups is 1.